The molecule has 1 aromatic carbocycles. The largest absolute Gasteiger partial charge is 0.495 e. The molecule has 7 nitrogen and oxygen atoms in total. The van der Waals surface area contributed by atoms with E-state index in [1.54, 1.807) is 13.3 Å². The van der Waals surface area contributed by atoms with Crippen molar-refractivity contribution < 1.29 is 14.3 Å². The van der Waals surface area contributed by atoms with Crippen molar-refractivity contribution in [1.29, 1.82) is 0 Å². The van der Waals surface area contributed by atoms with Gasteiger partial charge in [0.05, 0.1) is 12.8 Å². The van der Waals surface area contributed by atoms with Gasteiger partial charge in [-0.25, -0.2) is 4.98 Å². The van der Waals surface area contributed by atoms with Crippen LogP contribution in [0.5, 0.6) is 11.5 Å². The van der Waals surface area contributed by atoms with E-state index in [2.05, 4.69) is 32.2 Å². The van der Waals surface area contributed by atoms with Gasteiger partial charge < -0.3 is 19.7 Å². The zero-order chi connectivity index (χ0) is 20.1. The molecule has 1 saturated heterocycles. The molecule has 29 heavy (non-hydrogen) atoms. The molecule has 0 bridgehead atoms. The van der Waals surface area contributed by atoms with Gasteiger partial charge in [0, 0.05) is 32.4 Å². The Morgan fingerprint density at radius 1 is 1.14 bits per heavy atom. The highest BCUT2D eigenvalue weighted by Crippen LogP contribution is 2.29. The Labute approximate surface area is 171 Å². The first-order chi connectivity index (χ1) is 14.2. The first kappa shape index (κ1) is 19.5. The van der Waals surface area contributed by atoms with Gasteiger partial charge in [0.1, 0.15) is 5.75 Å². The third-order valence-electron chi connectivity index (χ3n) is 5.56. The fraction of sp³-hybridized carbons (Fsp3) is 0.455. The Balaban J connectivity index is 1.18. The zero-order valence-electron chi connectivity index (χ0n) is 16.8. The van der Waals surface area contributed by atoms with Crippen LogP contribution in [0.25, 0.3) is 0 Å². The molecular weight excluding hydrogens is 368 g/mol. The van der Waals surface area contributed by atoms with Gasteiger partial charge in [-0.05, 0) is 50.1 Å². The average Bonchev–Trinajstić information content (AvgIpc) is 2.77. The van der Waals surface area contributed by atoms with E-state index in [1.165, 1.54) is 5.69 Å². The lowest BCUT2D eigenvalue weighted by Gasteiger charge is -2.36. The minimum atomic E-state index is -0.422. The third kappa shape index (κ3) is 4.62. The van der Waals surface area contributed by atoms with Crippen molar-refractivity contribution in [2.45, 2.75) is 25.4 Å². The summed E-state index contributed by atoms with van der Waals surface area (Å²) < 4.78 is 11.3. The number of nitrogens with one attached hydrogen (secondary N) is 1. The summed E-state index contributed by atoms with van der Waals surface area (Å²) in [5.74, 6) is 2.01. The smallest absolute Gasteiger partial charge is 0.266 e. The van der Waals surface area contributed by atoms with Gasteiger partial charge in [0.25, 0.3) is 5.91 Å². The predicted molar refractivity (Wildman–Crippen MR) is 113 cm³/mol. The van der Waals surface area contributed by atoms with E-state index in [0.717, 1.165) is 57.7 Å². The highest BCUT2D eigenvalue weighted by atomic mass is 16.5. The fourth-order valence-corrected chi connectivity index (χ4v) is 3.94. The number of carbonyl (C=O) groups excluding carboxylic acids is 1. The number of unbranched alkanes of at least 4 members (excludes halogenated alkanes) is 1. The second-order valence-electron chi connectivity index (χ2n) is 7.44. The van der Waals surface area contributed by atoms with Gasteiger partial charge in [-0.1, -0.05) is 12.1 Å². The molecule has 154 valence electrons. The number of amides is 1. The van der Waals surface area contributed by atoms with Crippen LogP contribution in [0.1, 0.15) is 19.3 Å². The number of hydrogen-bond acceptors (Lipinski definition) is 6. The first-order valence-corrected chi connectivity index (χ1v) is 10.3. The Morgan fingerprint density at radius 2 is 1.97 bits per heavy atom. The van der Waals surface area contributed by atoms with E-state index in [9.17, 15) is 4.79 Å². The number of methoxy groups -OCH3 is 1. The monoisotopic (exact) mass is 396 g/mol. The van der Waals surface area contributed by atoms with Gasteiger partial charge in [0.15, 0.2) is 17.7 Å². The summed E-state index contributed by atoms with van der Waals surface area (Å²) in [4.78, 5) is 21.2. The quantitative estimate of drug-likeness (QED) is 0.726. The fourth-order valence-electron chi connectivity index (χ4n) is 3.94. The molecule has 0 saturated carbocycles. The number of pyridine rings is 1. The van der Waals surface area contributed by atoms with Gasteiger partial charge in [-0.2, -0.15) is 0 Å². The number of anilines is 2. The average molecular weight is 396 g/mol. The topological polar surface area (TPSA) is 66.9 Å². The molecule has 4 rings (SSSR count). The number of rotatable bonds is 7. The number of hydrogen-bond donors (Lipinski definition) is 1. The Hall–Kier alpha value is -2.80. The van der Waals surface area contributed by atoms with Crippen molar-refractivity contribution in [2.75, 3.05) is 50.1 Å². The molecule has 1 amide bonds. The van der Waals surface area contributed by atoms with E-state index in [-0.39, 0.29) is 5.91 Å². The maximum atomic E-state index is 12.2. The van der Waals surface area contributed by atoms with Crippen molar-refractivity contribution in [3.05, 3.63) is 42.6 Å². The number of carbonyl (C=O) groups is 1. The molecule has 1 fully saturated rings. The summed E-state index contributed by atoms with van der Waals surface area (Å²) in [6, 6.07) is 11.9. The second-order valence-corrected chi connectivity index (χ2v) is 7.44. The number of fused-ring (bicyclic) bond motifs is 1. The van der Waals surface area contributed by atoms with Crippen molar-refractivity contribution in [3.63, 3.8) is 0 Å². The van der Waals surface area contributed by atoms with Crippen molar-refractivity contribution in [1.82, 2.24) is 9.88 Å². The lowest BCUT2D eigenvalue weighted by Crippen LogP contribution is -2.46. The van der Waals surface area contributed by atoms with E-state index in [4.69, 9.17) is 9.47 Å². The number of piperazine rings is 1. The lowest BCUT2D eigenvalue weighted by molar-refractivity contribution is -0.123. The van der Waals surface area contributed by atoms with Gasteiger partial charge >= 0.3 is 0 Å². The Morgan fingerprint density at radius 3 is 2.79 bits per heavy atom. The van der Waals surface area contributed by atoms with Crippen LogP contribution in [0.15, 0.2) is 42.6 Å². The van der Waals surface area contributed by atoms with Gasteiger partial charge in [0.2, 0.25) is 0 Å². The highest BCUT2D eigenvalue weighted by Gasteiger charge is 2.27. The molecule has 2 aliphatic heterocycles. The molecule has 0 spiro atoms. The molecule has 7 heteroatoms. The van der Waals surface area contributed by atoms with E-state index < -0.39 is 6.10 Å². The number of benzene rings is 1. The zero-order valence-corrected chi connectivity index (χ0v) is 16.8. The first-order valence-electron chi connectivity index (χ1n) is 10.3. The normalized spacial score (nSPS) is 19.3. The van der Waals surface area contributed by atoms with Crippen LogP contribution < -0.4 is 19.7 Å². The minimum absolute atomic E-state index is 0.0957. The summed E-state index contributed by atoms with van der Waals surface area (Å²) in [5.41, 5.74) is 1.17. The number of nitrogens with zero attached hydrogens (tertiary/aromatic N) is 3. The molecule has 2 aromatic rings. The second kappa shape index (κ2) is 9.13. The van der Waals surface area contributed by atoms with Crippen molar-refractivity contribution in [2.24, 2.45) is 0 Å². The molecule has 2 aliphatic rings. The molecular formula is C22H28N4O3. The molecule has 1 aromatic heterocycles. The van der Waals surface area contributed by atoms with Crippen molar-refractivity contribution in [3.8, 4) is 11.5 Å². The van der Waals surface area contributed by atoms with E-state index in [1.807, 2.05) is 24.3 Å². The summed E-state index contributed by atoms with van der Waals surface area (Å²) >= 11 is 0. The van der Waals surface area contributed by atoms with Crippen LogP contribution in [0.2, 0.25) is 0 Å². The van der Waals surface area contributed by atoms with E-state index in [0.29, 0.717) is 11.6 Å². The molecule has 1 N–H and O–H groups in total. The van der Waals surface area contributed by atoms with Crippen LogP contribution in [-0.2, 0) is 4.79 Å². The van der Waals surface area contributed by atoms with Crippen LogP contribution in [0.3, 0.4) is 0 Å². The maximum absolute atomic E-state index is 12.2. The number of aromatic nitrogens is 1. The van der Waals surface area contributed by atoms with Crippen molar-refractivity contribution >= 4 is 17.4 Å². The van der Waals surface area contributed by atoms with Crippen LogP contribution >= 0.6 is 0 Å². The molecule has 0 radical (unpaired) electrons. The summed E-state index contributed by atoms with van der Waals surface area (Å²) in [7, 11) is 1.72. The number of ether oxygens (including phenoxy) is 2. The van der Waals surface area contributed by atoms with Crippen LogP contribution in [0, 0.1) is 0 Å². The summed E-state index contributed by atoms with van der Waals surface area (Å²) in [6.07, 6.45) is 3.97. The maximum Gasteiger partial charge on any atom is 0.266 e. The van der Waals surface area contributed by atoms with Crippen LogP contribution in [-0.4, -0.2) is 61.7 Å². The van der Waals surface area contributed by atoms with E-state index >= 15 is 0 Å². The summed E-state index contributed by atoms with van der Waals surface area (Å²) in [5, 5.41) is 2.83. The Bertz CT molecular complexity index is 836. The van der Waals surface area contributed by atoms with Gasteiger partial charge in [-0.15, -0.1) is 0 Å². The van der Waals surface area contributed by atoms with Gasteiger partial charge in [-0.3, -0.25) is 9.69 Å². The molecule has 1 atom stereocenters. The number of para-hydroxylation sites is 2. The lowest BCUT2D eigenvalue weighted by atomic mass is 10.1. The SMILES string of the molecule is COc1ccccc1N1CCN(CCCC[C@H]2Oc3cccnc3NC2=O)CC1. The summed E-state index contributed by atoms with van der Waals surface area (Å²) in [6.45, 7) is 5.12. The minimum Gasteiger partial charge on any atom is -0.495 e. The highest BCUT2D eigenvalue weighted by molar-refractivity contribution is 5.96. The predicted octanol–water partition coefficient (Wildman–Crippen LogP) is 2.78. The van der Waals surface area contributed by atoms with Crippen LogP contribution in [0.4, 0.5) is 11.5 Å². The third-order valence-corrected chi connectivity index (χ3v) is 5.56. The standard InChI is InChI=1S/C22H28N4O3/c1-28-18-8-3-2-7-17(18)26-15-13-25(14-16-26)12-5-4-9-20-22(27)24-21-19(29-20)10-6-11-23-21/h2-3,6-8,10-11,20H,4-5,9,12-16H2,1H3,(H,23,24,27)/t20-/m1/s1. The molecule has 0 aliphatic carbocycles. The molecule has 0 unspecified atom stereocenters. The molecule has 3 heterocycles. The Kier molecular flexibility index (Phi) is 6.14.